The number of aromatic nitrogens is 2. The van der Waals surface area contributed by atoms with Crippen LogP contribution < -0.4 is 9.64 Å². The molecule has 1 heterocycles. The second-order valence-electron chi connectivity index (χ2n) is 10.6. The minimum atomic E-state index is -4.46. The molecule has 4 rings (SSSR count). The van der Waals surface area contributed by atoms with E-state index >= 15 is 0 Å². The number of hydrogen-bond acceptors (Lipinski definition) is 5. The van der Waals surface area contributed by atoms with Crippen LogP contribution in [0, 0.1) is 27.7 Å². The van der Waals surface area contributed by atoms with Gasteiger partial charge in [-0.1, -0.05) is 59.2 Å². The van der Waals surface area contributed by atoms with E-state index in [2.05, 4.69) is 47.2 Å². The third-order valence-electron chi connectivity index (χ3n) is 6.84. The molecule has 0 aliphatic rings. The lowest BCUT2D eigenvalue weighted by atomic mass is 9.93. The molecule has 0 saturated heterocycles. The standard InChI is InChI=1S/C33H34F3N3O3/c1-21-8-10-29(30-15-22(2)7-9-24(30)4)26(13-21)20-39(19-25-12-23(3)14-27(16-25)33(34,35)36)32-37-17-28(18-38-32)42-11-5-6-31(40)41/h7-10,12-18H,5-6,11,19-20H2,1-4H3,(H,40,41). The van der Waals surface area contributed by atoms with E-state index in [0.29, 0.717) is 35.8 Å². The maximum atomic E-state index is 13.6. The molecular formula is C33H34F3N3O3. The van der Waals surface area contributed by atoms with Gasteiger partial charge in [-0.3, -0.25) is 4.79 Å². The van der Waals surface area contributed by atoms with E-state index in [4.69, 9.17) is 9.84 Å². The zero-order chi connectivity index (χ0) is 30.4. The maximum Gasteiger partial charge on any atom is 0.416 e. The Labute approximate surface area is 243 Å². The Morgan fingerprint density at radius 1 is 0.857 bits per heavy atom. The molecule has 0 aliphatic heterocycles. The van der Waals surface area contributed by atoms with Crippen LogP contribution in [0.4, 0.5) is 19.1 Å². The molecule has 220 valence electrons. The second kappa shape index (κ2) is 13.1. The van der Waals surface area contributed by atoms with Gasteiger partial charge < -0.3 is 14.7 Å². The fraction of sp³-hybridized carbons (Fsp3) is 0.303. The van der Waals surface area contributed by atoms with Crippen LogP contribution in [0.3, 0.4) is 0 Å². The molecule has 0 aliphatic carbocycles. The summed E-state index contributed by atoms with van der Waals surface area (Å²) in [6.45, 7) is 8.43. The van der Waals surface area contributed by atoms with Gasteiger partial charge in [0, 0.05) is 19.5 Å². The normalized spacial score (nSPS) is 11.4. The molecule has 1 aromatic heterocycles. The van der Waals surface area contributed by atoms with Gasteiger partial charge in [0.15, 0.2) is 5.75 Å². The zero-order valence-corrected chi connectivity index (χ0v) is 24.1. The molecule has 0 unspecified atom stereocenters. The van der Waals surface area contributed by atoms with Crippen LogP contribution in [0.25, 0.3) is 11.1 Å². The lowest BCUT2D eigenvalue weighted by Crippen LogP contribution is -2.25. The van der Waals surface area contributed by atoms with Crippen LogP contribution in [0.1, 0.15) is 51.8 Å². The number of carboxylic acid groups (broad SMARTS) is 1. The molecule has 3 aromatic carbocycles. The Hall–Kier alpha value is -4.40. The number of benzene rings is 3. The number of aliphatic carboxylic acids is 1. The zero-order valence-electron chi connectivity index (χ0n) is 24.1. The van der Waals surface area contributed by atoms with Gasteiger partial charge in [-0.25, -0.2) is 9.97 Å². The van der Waals surface area contributed by atoms with E-state index in [1.807, 2.05) is 24.8 Å². The Morgan fingerprint density at radius 2 is 1.55 bits per heavy atom. The highest BCUT2D eigenvalue weighted by molar-refractivity contribution is 5.72. The Kier molecular flexibility index (Phi) is 9.50. The van der Waals surface area contributed by atoms with Gasteiger partial charge in [0.05, 0.1) is 24.6 Å². The van der Waals surface area contributed by atoms with Gasteiger partial charge in [0.25, 0.3) is 0 Å². The number of nitrogens with zero attached hydrogens (tertiary/aromatic N) is 3. The van der Waals surface area contributed by atoms with Crippen molar-refractivity contribution in [3.63, 3.8) is 0 Å². The minimum Gasteiger partial charge on any atom is -0.490 e. The van der Waals surface area contributed by atoms with Crippen LogP contribution >= 0.6 is 0 Å². The highest BCUT2D eigenvalue weighted by atomic mass is 19.4. The SMILES string of the molecule is Cc1cc(CN(Cc2cc(C)ccc2-c2cc(C)ccc2C)c2ncc(OCCCC(=O)O)cn2)cc(C(F)(F)F)c1. The second-order valence-corrected chi connectivity index (χ2v) is 10.6. The number of carboxylic acids is 1. The van der Waals surface area contributed by atoms with Gasteiger partial charge in [0.1, 0.15) is 0 Å². The van der Waals surface area contributed by atoms with E-state index in [1.54, 1.807) is 13.0 Å². The summed E-state index contributed by atoms with van der Waals surface area (Å²) in [6.07, 6.45) is -1.15. The van der Waals surface area contributed by atoms with Gasteiger partial charge in [0.2, 0.25) is 5.95 Å². The van der Waals surface area contributed by atoms with E-state index in [-0.39, 0.29) is 19.6 Å². The Bertz CT molecular complexity index is 1550. The smallest absolute Gasteiger partial charge is 0.416 e. The van der Waals surface area contributed by atoms with Crippen LogP contribution in [-0.2, 0) is 24.1 Å². The predicted molar refractivity (Wildman–Crippen MR) is 157 cm³/mol. The van der Waals surface area contributed by atoms with Crippen molar-refractivity contribution in [2.75, 3.05) is 11.5 Å². The molecule has 0 bridgehead atoms. The third-order valence-corrected chi connectivity index (χ3v) is 6.84. The summed E-state index contributed by atoms with van der Waals surface area (Å²) in [7, 11) is 0. The minimum absolute atomic E-state index is 0.0115. The van der Waals surface area contributed by atoms with Crippen LogP contribution in [-0.4, -0.2) is 27.7 Å². The fourth-order valence-electron chi connectivity index (χ4n) is 4.84. The monoisotopic (exact) mass is 577 g/mol. The number of aryl methyl sites for hydroxylation is 4. The lowest BCUT2D eigenvalue weighted by Gasteiger charge is -2.25. The first kappa shape index (κ1) is 30.6. The number of carbonyl (C=O) groups is 1. The molecule has 6 nitrogen and oxygen atoms in total. The van der Waals surface area contributed by atoms with Gasteiger partial charge in [-0.15, -0.1) is 0 Å². The first-order chi connectivity index (χ1) is 19.9. The summed E-state index contributed by atoms with van der Waals surface area (Å²) in [5.41, 5.74) is 6.71. The van der Waals surface area contributed by atoms with Gasteiger partial charge >= 0.3 is 12.1 Å². The van der Waals surface area contributed by atoms with Crippen molar-refractivity contribution in [2.45, 2.75) is 59.8 Å². The fourth-order valence-corrected chi connectivity index (χ4v) is 4.84. The first-order valence-electron chi connectivity index (χ1n) is 13.7. The van der Waals surface area contributed by atoms with Gasteiger partial charge in [-0.05, 0) is 74.1 Å². The van der Waals surface area contributed by atoms with Crippen molar-refractivity contribution in [3.8, 4) is 16.9 Å². The molecule has 0 atom stereocenters. The summed E-state index contributed by atoms with van der Waals surface area (Å²) in [6, 6.07) is 16.5. The topological polar surface area (TPSA) is 75.6 Å². The molecule has 0 fully saturated rings. The average molecular weight is 578 g/mol. The van der Waals surface area contributed by atoms with Crippen LogP contribution in [0.5, 0.6) is 5.75 Å². The molecule has 9 heteroatoms. The summed E-state index contributed by atoms with van der Waals surface area (Å²) in [4.78, 5) is 21.6. The number of halogens is 3. The molecule has 0 spiro atoms. The Balaban J connectivity index is 1.71. The number of alkyl halides is 3. The highest BCUT2D eigenvalue weighted by Gasteiger charge is 2.31. The molecule has 0 radical (unpaired) electrons. The third kappa shape index (κ3) is 8.09. The maximum absolute atomic E-state index is 13.6. The molecule has 1 N–H and O–H groups in total. The largest absolute Gasteiger partial charge is 0.490 e. The van der Waals surface area contributed by atoms with E-state index in [1.165, 1.54) is 18.5 Å². The van der Waals surface area contributed by atoms with Crippen LogP contribution in [0.2, 0.25) is 0 Å². The number of hydrogen-bond donors (Lipinski definition) is 1. The van der Waals surface area contributed by atoms with E-state index in [9.17, 15) is 18.0 Å². The van der Waals surface area contributed by atoms with Crippen molar-refractivity contribution >= 4 is 11.9 Å². The number of anilines is 1. The van der Waals surface area contributed by atoms with E-state index < -0.39 is 17.7 Å². The summed E-state index contributed by atoms with van der Waals surface area (Å²) < 4.78 is 46.5. The number of rotatable bonds is 11. The highest BCUT2D eigenvalue weighted by Crippen LogP contribution is 2.33. The van der Waals surface area contributed by atoms with Crippen molar-refractivity contribution in [2.24, 2.45) is 0 Å². The van der Waals surface area contributed by atoms with Gasteiger partial charge in [-0.2, -0.15) is 13.2 Å². The predicted octanol–water partition coefficient (Wildman–Crippen LogP) is 7.85. The summed E-state index contributed by atoms with van der Waals surface area (Å²) in [5.74, 6) is -0.191. The molecular weight excluding hydrogens is 543 g/mol. The summed E-state index contributed by atoms with van der Waals surface area (Å²) in [5, 5.41) is 8.82. The Morgan fingerprint density at radius 3 is 2.24 bits per heavy atom. The van der Waals surface area contributed by atoms with E-state index in [0.717, 1.165) is 39.4 Å². The first-order valence-corrected chi connectivity index (χ1v) is 13.7. The van der Waals surface area contributed by atoms with Crippen molar-refractivity contribution in [3.05, 3.63) is 106 Å². The summed E-state index contributed by atoms with van der Waals surface area (Å²) >= 11 is 0. The quantitative estimate of drug-likeness (QED) is 0.183. The molecule has 0 amide bonds. The number of ether oxygens (including phenoxy) is 1. The van der Waals surface area contributed by atoms with Crippen molar-refractivity contribution in [1.29, 1.82) is 0 Å². The molecule has 4 aromatic rings. The lowest BCUT2D eigenvalue weighted by molar-refractivity contribution is -0.138. The molecule has 42 heavy (non-hydrogen) atoms. The van der Waals surface area contributed by atoms with Crippen LogP contribution in [0.15, 0.2) is 67.0 Å². The van der Waals surface area contributed by atoms with Crippen molar-refractivity contribution < 1.29 is 27.8 Å². The van der Waals surface area contributed by atoms with Crippen molar-refractivity contribution in [1.82, 2.24) is 9.97 Å². The average Bonchev–Trinajstić information content (AvgIpc) is 2.92. The molecule has 0 saturated carbocycles.